The molecule has 0 aromatic carbocycles. The Kier molecular flexibility index (Phi) is 4.43. The van der Waals surface area contributed by atoms with Crippen LogP contribution in [0.5, 0.6) is 0 Å². The fraction of sp³-hybridized carbons (Fsp3) is 0.929. The molecule has 3 unspecified atom stereocenters. The third kappa shape index (κ3) is 3.01. The van der Waals surface area contributed by atoms with Crippen LogP contribution in [-0.2, 0) is 4.79 Å². The van der Waals surface area contributed by atoms with Crippen molar-refractivity contribution >= 4 is 5.91 Å². The molecule has 0 spiro atoms. The van der Waals surface area contributed by atoms with Gasteiger partial charge in [-0.3, -0.25) is 4.79 Å². The summed E-state index contributed by atoms with van der Waals surface area (Å²) in [6, 6.07) is 0.0829. The van der Waals surface area contributed by atoms with Crippen molar-refractivity contribution in [2.45, 2.75) is 57.9 Å². The molecule has 3 atom stereocenters. The van der Waals surface area contributed by atoms with E-state index in [0.29, 0.717) is 11.8 Å². The standard InChI is InChI=1S/C14H26N2O/c1-11-7-6-8-12(13(11)15)14(17)16-9-4-2-3-5-10-16/h11-13H,2-10,15H2,1H3. The van der Waals surface area contributed by atoms with Gasteiger partial charge in [0.2, 0.25) is 5.91 Å². The number of carbonyl (C=O) groups excluding carboxylic acids is 1. The summed E-state index contributed by atoms with van der Waals surface area (Å²) in [5.74, 6) is 0.937. The van der Waals surface area contributed by atoms with Crippen LogP contribution in [0.2, 0.25) is 0 Å². The second-order valence-electron chi connectivity index (χ2n) is 5.83. The number of likely N-dealkylation sites (tertiary alicyclic amines) is 1. The SMILES string of the molecule is CC1CCCC(C(=O)N2CCCCCC2)C1N. The molecule has 0 radical (unpaired) electrons. The van der Waals surface area contributed by atoms with Crippen LogP contribution in [0.15, 0.2) is 0 Å². The van der Waals surface area contributed by atoms with Gasteiger partial charge in [0, 0.05) is 19.1 Å². The first-order chi connectivity index (χ1) is 8.20. The number of nitrogens with two attached hydrogens (primary N) is 1. The van der Waals surface area contributed by atoms with Crippen molar-refractivity contribution in [1.82, 2.24) is 4.90 Å². The summed E-state index contributed by atoms with van der Waals surface area (Å²) in [5, 5.41) is 0. The number of rotatable bonds is 1. The summed E-state index contributed by atoms with van der Waals surface area (Å²) < 4.78 is 0. The summed E-state index contributed by atoms with van der Waals surface area (Å²) in [7, 11) is 0. The molecule has 1 amide bonds. The maximum absolute atomic E-state index is 12.5. The molecule has 3 heteroatoms. The van der Waals surface area contributed by atoms with Crippen LogP contribution in [0.25, 0.3) is 0 Å². The van der Waals surface area contributed by atoms with Crippen molar-refractivity contribution in [3.05, 3.63) is 0 Å². The van der Waals surface area contributed by atoms with E-state index >= 15 is 0 Å². The van der Waals surface area contributed by atoms with Crippen LogP contribution in [0.4, 0.5) is 0 Å². The fourth-order valence-corrected chi connectivity index (χ4v) is 3.25. The van der Waals surface area contributed by atoms with E-state index in [-0.39, 0.29) is 12.0 Å². The third-order valence-corrected chi connectivity index (χ3v) is 4.53. The van der Waals surface area contributed by atoms with Gasteiger partial charge >= 0.3 is 0 Å². The summed E-state index contributed by atoms with van der Waals surface area (Å²) in [6.07, 6.45) is 8.24. The highest BCUT2D eigenvalue weighted by Gasteiger charge is 2.35. The Labute approximate surface area is 105 Å². The topological polar surface area (TPSA) is 46.3 Å². The highest BCUT2D eigenvalue weighted by Crippen LogP contribution is 2.29. The average Bonchev–Trinajstić information content (AvgIpc) is 2.60. The first kappa shape index (κ1) is 12.9. The first-order valence-electron chi connectivity index (χ1n) is 7.24. The zero-order valence-corrected chi connectivity index (χ0v) is 11.0. The minimum atomic E-state index is 0.0829. The number of hydrogen-bond donors (Lipinski definition) is 1. The van der Waals surface area contributed by atoms with Crippen LogP contribution in [-0.4, -0.2) is 29.9 Å². The molecule has 1 heterocycles. The Bertz CT molecular complexity index is 259. The second kappa shape index (κ2) is 5.85. The molecule has 17 heavy (non-hydrogen) atoms. The predicted octanol–water partition coefficient (Wildman–Crippen LogP) is 2.15. The van der Waals surface area contributed by atoms with Gasteiger partial charge in [-0.2, -0.15) is 0 Å². The van der Waals surface area contributed by atoms with Gasteiger partial charge < -0.3 is 10.6 Å². The Balaban J connectivity index is 1.97. The predicted molar refractivity (Wildman–Crippen MR) is 69.5 cm³/mol. The second-order valence-corrected chi connectivity index (χ2v) is 5.83. The highest BCUT2D eigenvalue weighted by atomic mass is 16.2. The van der Waals surface area contributed by atoms with Crippen molar-refractivity contribution in [3.8, 4) is 0 Å². The lowest BCUT2D eigenvalue weighted by Crippen LogP contribution is -2.49. The van der Waals surface area contributed by atoms with E-state index in [1.807, 2.05) is 0 Å². The molecule has 98 valence electrons. The largest absolute Gasteiger partial charge is 0.342 e. The zero-order chi connectivity index (χ0) is 12.3. The lowest BCUT2D eigenvalue weighted by atomic mass is 9.77. The van der Waals surface area contributed by atoms with Gasteiger partial charge in [-0.1, -0.05) is 26.2 Å². The molecule has 0 bridgehead atoms. The normalized spacial score (nSPS) is 35.4. The molecule has 1 aliphatic carbocycles. The van der Waals surface area contributed by atoms with E-state index in [2.05, 4.69) is 11.8 Å². The molecule has 1 saturated heterocycles. The number of hydrogen-bond acceptors (Lipinski definition) is 2. The first-order valence-corrected chi connectivity index (χ1v) is 7.24. The van der Waals surface area contributed by atoms with Gasteiger partial charge in [-0.15, -0.1) is 0 Å². The van der Waals surface area contributed by atoms with E-state index in [1.54, 1.807) is 0 Å². The quantitative estimate of drug-likeness (QED) is 0.761. The summed E-state index contributed by atoms with van der Waals surface area (Å²) in [4.78, 5) is 14.6. The maximum atomic E-state index is 12.5. The Morgan fingerprint density at radius 1 is 1.06 bits per heavy atom. The van der Waals surface area contributed by atoms with Gasteiger partial charge in [0.1, 0.15) is 0 Å². The molecule has 1 aliphatic heterocycles. The summed E-state index contributed by atoms with van der Waals surface area (Å²) in [5.41, 5.74) is 6.22. The Morgan fingerprint density at radius 3 is 2.35 bits per heavy atom. The fourth-order valence-electron chi connectivity index (χ4n) is 3.25. The molecular formula is C14H26N2O. The molecule has 2 rings (SSSR count). The van der Waals surface area contributed by atoms with Crippen molar-refractivity contribution < 1.29 is 4.79 Å². The smallest absolute Gasteiger partial charge is 0.227 e. The molecular weight excluding hydrogens is 212 g/mol. The molecule has 0 aromatic heterocycles. The lowest BCUT2D eigenvalue weighted by Gasteiger charge is -2.36. The van der Waals surface area contributed by atoms with Gasteiger partial charge in [-0.05, 0) is 31.6 Å². The molecule has 2 N–H and O–H groups in total. The molecule has 2 aliphatic rings. The van der Waals surface area contributed by atoms with Crippen LogP contribution < -0.4 is 5.73 Å². The summed E-state index contributed by atoms with van der Waals surface area (Å²) >= 11 is 0. The zero-order valence-electron chi connectivity index (χ0n) is 11.0. The number of nitrogens with zero attached hydrogens (tertiary/aromatic N) is 1. The van der Waals surface area contributed by atoms with Gasteiger partial charge in [0.05, 0.1) is 5.92 Å². The minimum Gasteiger partial charge on any atom is -0.342 e. The lowest BCUT2D eigenvalue weighted by molar-refractivity contribution is -0.137. The van der Waals surface area contributed by atoms with E-state index in [0.717, 1.165) is 19.5 Å². The minimum absolute atomic E-state index is 0.0829. The van der Waals surface area contributed by atoms with Crippen molar-refractivity contribution in [3.63, 3.8) is 0 Å². The third-order valence-electron chi connectivity index (χ3n) is 4.53. The van der Waals surface area contributed by atoms with Crippen molar-refractivity contribution in [1.29, 1.82) is 0 Å². The molecule has 1 saturated carbocycles. The monoisotopic (exact) mass is 238 g/mol. The van der Waals surface area contributed by atoms with Crippen molar-refractivity contribution in [2.24, 2.45) is 17.6 Å². The molecule has 0 aromatic rings. The highest BCUT2D eigenvalue weighted by molar-refractivity contribution is 5.79. The average molecular weight is 238 g/mol. The molecule has 2 fully saturated rings. The van der Waals surface area contributed by atoms with Crippen LogP contribution >= 0.6 is 0 Å². The van der Waals surface area contributed by atoms with Gasteiger partial charge in [-0.25, -0.2) is 0 Å². The van der Waals surface area contributed by atoms with Gasteiger partial charge in [0.25, 0.3) is 0 Å². The number of amides is 1. The number of carbonyl (C=O) groups is 1. The van der Waals surface area contributed by atoms with Crippen LogP contribution in [0, 0.1) is 11.8 Å². The van der Waals surface area contributed by atoms with E-state index in [9.17, 15) is 4.79 Å². The Morgan fingerprint density at radius 2 is 1.71 bits per heavy atom. The molecule has 3 nitrogen and oxygen atoms in total. The van der Waals surface area contributed by atoms with Crippen LogP contribution in [0.3, 0.4) is 0 Å². The van der Waals surface area contributed by atoms with E-state index < -0.39 is 0 Å². The summed E-state index contributed by atoms with van der Waals surface area (Å²) in [6.45, 7) is 4.10. The van der Waals surface area contributed by atoms with Crippen molar-refractivity contribution in [2.75, 3.05) is 13.1 Å². The van der Waals surface area contributed by atoms with Gasteiger partial charge in [0.15, 0.2) is 0 Å². The van der Waals surface area contributed by atoms with Crippen LogP contribution in [0.1, 0.15) is 51.9 Å². The van der Waals surface area contributed by atoms with E-state index in [1.165, 1.54) is 38.5 Å². The Hall–Kier alpha value is -0.570. The maximum Gasteiger partial charge on any atom is 0.227 e. The van der Waals surface area contributed by atoms with E-state index in [4.69, 9.17) is 5.73 Å².